The Morgan fingerprint density at radius 1 is 1.30 bits per heavy atom. The van der Waals surface area contributed by atoms with Crippen molar-refractivity contribution in [2.75, 3.05) is 0 Å². The van der Waals surface area contributed by atoms with Crippen LogP contribution in [0, 0.1) is 0 Å². The van der Waals surface area contributed by atoms with Crippen LogP contribution in [0.1, 0.15) is 58.1 Å². The number of nitrogens with zero attached hydrogens (tertiary/aromatic N) is 1. The van der Waals surface area contributed by atoms with Gasteiger partial charge in [-0.3, -0.25) is 4.90 Å². The van der Waals surface area contributed by atoms with Gasteiger partial charge in [0, 0.05) is 22.6 Å². The summed E-state index contributed by atoms with van der Waals surface area (Å²) in [4.78, 5) is 2.67. The smallest absolute Gasteiger partial charge is 0.0515 e. The molecule has 1 aromatic carbocycles. The number of hydrogen-bond donors (Lipinski definition) is 1. The Balaban J connectivity index is 2.40. The van der Waals surface area contributed by atoms with Crippen LogP contribution >= 0.6 is 15.9 Å². The van der Waals surface area contributed by atoms with Crippen molar-refractivity contribution in [1.82, 2.24) is 4.90 Å². The molecule has 112 valence electrons. The molecule has 0 aromatic heterocycles. The van der Waals surface area contributed by atoms with Gasteiger partial charge in [0.25, 0.3) is 0 Å². The van der Waals surface area contributed by atoms with Gasteiger partial charge in [0.2, 0.25) is 0 Å². The second-order valence-electron chi connectivity index (χ2n) is 5.97. The van der Waals surface area contributed by atoms with Crippen LogP contribution in [0.25, 0.3) is 0 Å². The summed E-state index contributed by atoms with van der Waals surface area (Å²) in [6.07, 6.45) is 4.80. The van der Waals surface area contributed by atoms with Gasteiger partial charge in [-0.1, -0.05) is 48.0 Å². The number of rotatable bonds is 5. The van der Waals surface area contributed by atoms with Crippen molar-refractivity contribution < 1.29 is 0 Å². The van der Waals surface area contributed by atoms with Crippen molar-refractivity contribution in [2.45, 2.75) is 70.6 Å². The molecular weight excluding hydrogens is 312 g/mol. The van der Waals surface area contributed by atoms with Crippen LogP contribution in [0.3, 0.4) is 0 Å². The Labute approximate surface area is 131 Å². The van der Waals surface area contributed by atoms with E-state index in [2.05, 4.69) is 65.9 Å². The Morgan fingerprint density at radius 2 is 2.00 bits per heavy atom. The minimum absolute atomic E-state index is 0.184. The second kappa shape index (κ2) is 7.06. The molecule has 1 fully saturated rings. The zero-order valence-electron chi connectivity index (χ0n) is 12.8. The van der Waals surface area contributed by atoms with Crippen LogP contribution in [-0.4, -0.2) is 23.0 Å². The highest BCUT2D eigenvalue weighted by Crippen LogP contribution is 2.39. The molecule has 0 bridgehead atoms. The van der Waals surface area contributed by atoms with Crippen LogP contribution < -0.4 is 5.73 Å². The number of likely N-dealkylation sites (tertiary alicyclic amines) is 1. The average Bonchev–Trinajstić information content (AvgIpc) is 2.82. The Kier molecular flexibility index (Phi) is 5.65. The number of hydrogen-bond acceptors (Lipinski definition) is 2. The van der Waals surface area contributed by atoms with E-state index in [-0.39, 0.29) is 6.04 Å². The molecule has 1 heterocycles. The van der Waals surface area contributed by atoms with Crippen molar-refractivity contribution >= 4 is 15.9 Å². The first-order valence-electron chi connectivity index (χ1n) is 7.87. The van der Waals surface area contributed by atoms with E-state index in [4.69, 9.17) is 5.73 Å². The van der Waals surface area contributed by atoms with Gasteiger partial charge in [-0.05, 0) is 44.2 Å². The molecule has 1 aliphatic heterocycles. The minimum atomic E-state index is 0.184. The standard InChI is InChI=1S/C17H27BrN2/c1-4-13-11-10-12(3)20(13)17(16(19)5-2)14-8-6-7-9-15(14)18/h6-9,12-13,16-17H,4-5,10-11,19H2,1-3H3. The fraction of sp³-hybridized carbons (Fsp3) is 0.647. The topological polar surface area (TPSA) is 29.3 Å². The summed E-state index contributed by atoms with van der Waals surface area (Å²) in [7, 11) is 0. The summed E-state index contributed by atoms with van der Waals surface area (Å²) in [5.41, 5.74) is 7.86. The molecule has 4 atom stereocenters. The van der Waals surface area contributed by atoms with E-state index in [1.165, 1.54) is 29.3 Å². The van der Waals surface area contributed by atoms with Crippen molar-refractivity contribution in [3.63, 3.8) is 0 Å². The molecule has 2 rings (SSSR count). The molecule has 0 radical (unpaired) electrons. The van der Waals surface area contributed by atoms with Gasteiger partial charge in [-0.15, -0.1) is 0 Å². The van der Waals surface area contributed by atoms with Gasteiger partial charge in [0.1, 0.15) is 0 Å². The first-order valence-corrected chi connectivity index (χ1v) is 8.66. The summed E-state index contributed by atoms with van der Waals surface area (Å²) in [5, 5.41) is 0. The highest BCUT2D eigenvalue weighted by atomic mass is 79.9. The van der Waals surface area contributed by atoms with Gasteiger partial charge in [0.15, 0.2) is 0 Å². The van der Waals surface area contributed by atoms with Crippen molar-refractivity contribution in [3.8, 4) is 0 Å². The van der Waals surface area contributed by atoms with E-state index in [1.807, 2.05) is 0 Å². The summed E-state index contributed by atoms with van der Waals surface area (Å²) in [5.74, 6) is 0. The molecule has 1 saturated heterocycles. The predicted octanol–water partition coefficient (Wildman–Crippen LogP) is 4.49. The van der Waals surface area contributed by atoms with Crippen LogP contribution in [0.5, 0.6) is 0 Å². The van der Waals surface area contributed by atoms with Crippen LogP contribution in [0.4, 0.5) is 0 Å². The molecule has 1 aliphatic rings. The largest absolute Gasteiger partial charge is 0.326 e. The molecule has 0 saturated carbocycles. The minimum Gasteiger partial charge on any atom is -0.326 e. The van der Waals surface area contributed by atoms with E-state index < -0.39 is 0 Å². The molecule has 2 nitrogen and oxygen atoms in total. The molecule has 0 spiro atoms. The van der Waals surface area contributed by atoms with Crippen LogP contribution in [-0.2, 0) is 0 Å². The third-order valence-corrected chi connectivity index (χ3v) is 5.46. The predicted molar refractivity (Wildman–Crippen MR) is 89.8 cm³/mol. The quantitative estimate of drug-likeness (QED) is 0.856. The molecule has 1 aromatic rings. The molecule has 0 amide bonds. The van der Waals surface area contributed by atoms with Gasteiger partial charge in [-0.2, -0.15) is 0 Å². The maximum absolute atomic E-state index is 6.51. The SMILES string of the molecule is CCC(N)C(c1ccccc1Br)N1C(C)CCC1CC. The number of nitrogens with two attached hydrogens (primary N) is 1. The summed E-state index contributed by atoms with van der Waals surface area (Å²) >= 11 is 3.72. The highest BCUT2D eigenvalue weighted by Gasteiger charge is 2.38. The average molecular weight is 339 g/mol. The van der Waals surface area contributed by atoms with Crippen molar-refractivity contribution in [2.24, 2.45) is 5.73 Å². The lowest BCUT2D eigenvalue weighted by Crippen LogP contribution is -2.46. The van der Waals surface area contributed by atoms with Gasteiger partial charge < -0.3 is 5.73 Å². The Hall–Kier alpha value is -0.380. The van der Waals surface area contributed by atoms with Gasteiger partial charge in [-0.25, -0.2) is 0 Å². The third kappa shape index (κ3) is 3.10. The fourth-order valence-corrected chi connectivity index (χ4v) is 4.08. The maximum Gasteiger partial charge on any atom is 0.0515 e. The maximum atomic E-state index is 6.51. The van der Waals surface area contributed by atoms with E-state index in [0.29, 0.717) is 18.1 Å². The van der Waals surface area contributed by atoms with Crippen LogP contribution in [0.15, 0.2) is 28.7 Å². The molecule has 2 N–H and O–H groups in total. The van der Waals surface area contributed by atoms with E-state index in [0.717, 1.165) is 6.42 Å². The second-order valence-corrected chi connectivity index (χ2v) is 6.83. The monoisotopic (exact) mass is 338 g/mol. The lowest BCUT2D eigenvalue weighted by Gasteiger charge is -2.40. The Bertz CT molecular complexity index is 435. The zero-order chi connectivity index (χ0) is 14.7. The highest BCUT2D eigenvalue weighted by molar-refractivity contribution is 9.10. The fourth-order valence-electron chi connectivity index (χ4n) is 3.56. The van der Waals surface area contributed by atoms with E-state index in [9.17, 15) is 0 Å². The molecule has 3 heteroatoms. The van der Waals surface area contributed by atoms with Crippen molar-refractivity contribution in [3.05, 3.63) is 34.3 Å². The van der Waals surface area contributed by atoms with Crippen LogP contribution in [0.2, 0.25) is 0 Å². The normalized spacial score (nSPS) is 26.6. The lowest BCUT2D eigenvalue weighted by atomic mass is 9.94. The first-order chi connectivity index (χ1) is 9.60. The van der Waals surface area contributed by atoms with E-state index >= 15 is 0 Å². The van der Waals surface area contributed by atoms with Gasteiger partial charge in [0.05, 0.1) is 6.04 Å². The van der Waals surface area contributed by atoms with Gasteiger partial charge >= 0.3 is 0 Å². The lowest BCUT2D eigenvalue weighted by molar-refractivity contribution is 0.111. The summed E-state index contributed by atoms with van der Waals surface area (Å²) in [6.45, 7) is 6.84. The molecule has 20 heavy (non-hydrogen) atoms. The van der Waals surface area contributed by atoms with E-state index in [1.54, 1.807) is 0 Å². The summed E-state index contributed by atoms with van der Waals surface area (Å²) < 4.78 is 1.18. The number of benzene rings is 1. The number of halogens is 1. The zero-order valence-corrected chi connectivity index (χ0v) is 14.4. The molecular formula is C17H27BrN2. The third-order valence-electron chi connectivity index (χ3n) is 4.74. The first kappa shape index (κ1) is 16.0. The molecule has 4 unspecified atom stereocenters. The summed E-state index contributed by atoms with van der Waals surface area (Å²) in [6, 6.07) is 10.3. The Morgan fingerprint density at radius 3 is 2.60 bits per heavy atom. The van der Waals surface area contributed by atoms with Crippen molar-refractivity contribution in [1.29, 1.82) is 0 Å². The molecule has 0 aliphatic carbocycles.